The lowest BCUT2D eigenvalue weighted by molar-refractivity contribution is 0.626. The van der Waals surface area contributed by atoms with Gasteiger partial charge in [0.25, 0.3) is 0 Å². The average molecular weight is 187 g/mol. The Morgan fingerprint density at radius 2 is 2.00 bits per heavy atom. The first-order valence-electron chi connectivity index (χ1n) is 5.04. The molecular weight excluding hydrogens is 170 g/mol. The van der Waals surface area contributed by atoms with Crippen LogP contribution in [0.1, 0.15) is 30.5 Å². The van der Waals surface area contributed by atoms with Gasteiger partial charge in [0.05, 0.1) is 6.04 Å². The van der Waals surface area contributed by atoms with Crippen LogP contribution >= 0.6 is 0 Å². The normalized spacial score (nSPS) is 12.1. The zero-order chi connectivity index (χ0) is 10.4. The van der Waals surface area contributed by atoms with Crippen LogP contribution in [0.4, 0.5) is 0 Å². The van der Waals surface area contributed by atoms with Gasteiger partial charge in [0.1, 0.15) is 0 Å². The number of hydrogen-bond acceptors (Lipinski definition) is 1. The summed E-state index contributed by atoms with van der Waals surface area (Å²) in [4.78, 5) is 0. The van der Waals surface area contributed by atoms with Crippen LogP contribution in [0.5, 0.6) is 0 Å². The smallest absolute Gasteiger partial charge is 0.0943 e. The van der Waals surface area contributed by atoms with Gasteiger partial charge in [-0.25, -0.2) is 0 Å². The molecule has 1 atom stereocenters. The van der Waals surface area contributed by atoms with E-state index in [9.17, 15) is 0 Å². The van der Waals surface area contributed by atoms with E-state index in [-0.39, 0.29) is 6.04 Å². The highest BCUT2D eigenvalue weighted by molar-refractivity contribution is 5.28. The first-order valence-corrected chi connectivity index (χ1v) is 5.04. The largest absolute Gasteiger partial charge is 0.300 e. The number of hydrogen-bond donors (Lipinski definition) is 1. The maximum Gasteiger partial charge on any atom is 0.0943 e. The summed E-state index contributed by atoms with van der Waals surface area (Å²) in [6.45, 7) is 5.17. The molecule has 1 unspecified atom stereocenters. The predicted octanol–water partition coefficient (Wildman–Crippen LogP) is 2.67. The van der Waals surface area contributed by atoms with Gasteiger partial charge in [0, 0.05) is 0 Å². The molecule has 1 N–H and O–H groups in total. The third-order valence-electron chi connectivity index (χ3n) is 2.18. The molecule has 0 amide bonds. The SMILES string of the molecule is C#CC(NCCC)c1ccc(C)cc1. The molecular formula is C13H17N. The summed E-state index contributed by atoms with van der Waals surface area (Å²) >= 11 is 0. The van der Waals surface area contributed by atoms with Crippen molar-refractivity contribution < 1.29 is 0 Å². The van der Waals surface area contributed by atoms with Gasteiger partial charge in [-0.2, -0.15) is 0 Å². The van der Waals surface area contributed by atoms with E-state index < -0.39 is 0 Å². The standard InChI is InChI=1S/C13H17N/c1-4-10-14-13(5-2)12-8-6-11(3)7-9-12/h2,6-9,13-14H,4,10H2,1,3H3. The summed E-state index contributed by atoms with van der Waals surface area (Å²) in [6.07, 6.45) is 6.57. The van der Waals surface area contributed by atoms with Crippen LogP contribution in [0.2, 0.25) is 0 Å². The minimum absolute atomic E-state index is 0.0514. The van der Waals surface area contributed by atoms with Crippen molar-refractivity contribution in [2.24, 2.45) is 0 Å². The molecule has 1 aromatic carbocycles. The second kappa shape index (κ2) is 5.47. The summed E-state index contributed by atoms with van der Waals surface area (Å²) in [6, 6.07) is 8.40. The lowest BCUT2D eigenvalue weighted by atomic mass is 10.1. The average Bonchev–Trinajstić information content (AvgIpc) is 2.21. The molecule has 74 valence electrons. The summed E-state index contributed by atoms with van der Waals surface area (Å²) in [7, 11) is 0. The van der Waals surface area contributed by atoms with Gasteiger partial charge in [-0.15, -0.1) is 6.42 Å². The second-order valence-corrected chi connectivity index (χ2v) is 3.46. The number of aryl methyl sites for hydroxylation is 1. The van der Waals surface area contributed by atoms with Crippen LogP contribution in [-0.2, 0) is 0 Å². The fourth-order valence-electron chi connectivity index (χ4n) is 1.32. The van der Waals surface area contributed by atoms with Crippen LogP contribution in [0, 0.1) is 19.3 Å². The van der Waals surface area contributed by atoms with Crippen molar-refractivity contribution in [2.45, 2.75) is 26.3 Å². The van der Waals surface area contributed by atoms with E-state index >= 15 is 0 Å². The van der Waals surface area contributed by atoms with E-state index in [1.165, 1.54) is 11.1 Å². The van der Waals surface area contributed by atoms with Crippen molar-refractivity contribution in [1.29, 1.82) is 0 Å². The van der Waals surface area contributed by atoms with Gasteiger partial charge in [0.15, 0.2) is 0 Å². The van der Waals surface area contributed by atoms with E-state index in [1.54, 1.807) is 0 Å². The van der Waals surface area contributed by atoms with Crippen molar-refractivity contribution in [1.82, 2.24) is 5.32 Å². The molecule has 0 heterocycles. The second-order valence-electron chi connectivity index (χ2n) is 3.46. The molecule has 0 aromatic heterocycles. The number of rotatable bonds is 4. The molecule has 0 fully saturated rings. The predicted molar refractivity (Wildman–Crippen MR) is 61.0 cm³/mol. The van der Waals surface area contributed by atoms with Gasteiger partial charge in [-0.3, -0.25) is 0 Å². The topological polar surface area (TPSA) is 12.0 Å². The first kappa shape index (κ1) is 10.8. The summed E-state index contributed by atoms with van der Waals surface area (Å²) < 4.78 is 0. The van der Waals surface area contributed by atoms with Crippen LogP contribution in [-0.4, -0.2) is 6.54 Å². The Kier molecular flexibility index (Phi) is 4.22. The molecule has 0 radical (unpaired) electrons. The Morgan fingerprint density at radius 3 is 2.50 bits per heavy atom. The van der Waals surface area contributed by atoms with Gasteiger partial charge in [-0.1, -0.05) is 42.7 Å². The van der Waals surface area contributed by atoms with Crippen LogP contribution in [0.15, 0.2) is 24.3 Å². The lowest BCUT2D eigenvalue weighted by Gasteiger charge is -2.12. The molecule has 0 spiro atoms. The molecule has 0 saturated heterocycles. The molecule has 1 aromatic rings. The monoisotopic (exact) mass is 187 g/mol. The Hall–Kier alpha value is -1.26. The summed E-state index contributed by atoms with van der Waals surface area (Å²) in [5.74, 6) is 2.76. The fourth-order valence-corrected chi connectivity index (χ4v) is 1.32. The Morgan fingerprint density at radius 1 is 1.36 bits per heavy atom. The van der Waals surface area contributed by atoms with E-state index in [0.29, 0.717) is 0 Å². The zero-order valence-electron chi connectivity index (χ0n) is 8.88. The molecule has 0 aliphatic carbocycles. The third-order valence-corrected chi connectivity index (χ3v) is 2.18. The van der Waals surface area contributed by atoms with Gasteiger partial charge in [-0.05, 0) is 25.5 Å². The van der Waals surface area contributed by atoms with Crippen molar-refractivity contribution in [3.63, 3.8) is 0 Å². The Bertz CT molecular complexity index is 305. The highest BCUT2D eigenvalue weighted by Gasteiger charge is 2.05. The van der Waals surface area contributed by atoms with Gasteiger partial charge in [0.2, 0.25) is 0 Å². The fraction of sp³-hybridized carbons (Fsp3) is 0.385. The van der Waals surface area contributed by atoms with Gasteiger partial charge < -0.3 is 5.32 Å². The minimum atomic E-state index is 0.0514. The number of terminal acetylenes is 1. The number of nitrogens with one attached hydrogen (secondary N) is 1. The third kappa shape index (κ3) is 2.90. The molecule has 0 aliphatic rings. The van der Waals surface area contributed by atoms with Gasteiger partial charge >= 0.3 is 0 Å². The molecule has 0 saturated carbocycles. The quantitative estimate of drug-likeness (QED) is 0.715. The zero-order valence-corrected chi connectivity index (χ0v) is 8.88. The first-order chi connectivity index (χ1) is 6.77. The Labute approximate surface area is 86.5 Å². The van der Waals surface area contributed by atoms with Crippen LogP contribution in [0.3, 0.4) is 0 Å². The lowest BCUT2D eigenvalue weighted by Crippen LogP contribution is -2.20. The van der Waals surface area contributed by atoms with E-state index in [0.717, 1.165) is 13.0 Å². The van der Waals surface area contributed by atoms with E-state index in [2.05, 4.69) is 49.4 Å². The highest BCUT2D eigenvalue weighted by atomic mass is 14.9. The maximum atomic E-state index is 5.47. The minimum Gasteiger partial charge on any atom is -0.300 e. The molecule has 0 bridgehead atoms. The van der Waals surface area contributed by atoms with Crippen molar-refractivity contribution >= 4 is 0 Å². The summed E-state index contributed by atoms with van der Waals surface area (Å²) in [5, 5.41) is 3.32. The van der Waals surface area contributed by atoms with Crippen molar-refractivity contribution in [2.75, 3.05) is 6.54 Å². The van der Waals surface area contributed by atoms with Crippen LogP contribution in [0.25, 0.3) is 0 Å². The Balaban J connectivity index is 2.70. The molecule has 14 heavy (non-hydrogen) atoms. The molecule has 0 aliphatic heterocycles. The molecule has 1 nitrogen and oxygen atoms in total. The number of benzene rings is 1. The highest BCUT2D eigenvalue weighted by Crippen LogP contribution is 2.12. The van der Waals surface area contributed by atoms with Crippen molar-refractivity contribution in [3.05, 3.63) is 35.4 Å². The maximum absolute atomic E-state index is 5.47. The summed E-state index contributed by atoms with van der Waals surface area (Å²) in [5.41, 5.74) is 2.44. The van der Waals surface area contributed by atoms with Crippen LogP contribution < -0.4 is 5.32 Å². The molecule has 1 heteroatoms. The van der Waals surface area contributed by atoms with E-state index in [4.69, 9.17) is 6.42 Å². The van der Waals surface area contributed by atoms with Crippen molar-refractivity contribution in [3.8, 4) is 12.3 Å². The molecule has 1 rings (SSSR count). The van der Waals surface area contributed by atoms with E-state index in [1.807, 2.05) is 0 Å².